The Labute approximate surface area is 166 Å². The van der Waals surface area contributed by atoms with Crippen LogP contribution < -0.4 is 15.0 Å². The monoisotopic (exact) mass is 385 g/mol. The Morgan fingerprint density at radius 1 is 1.04 bits per heavy atom. The zero-order valence-electron chi connectivity index (χ0n) is 16.5. The van der Waals surface area contributed by atoms with Crippen LogP contribution in [0.15, 0.2) is 54.6 Å². The van der Waals surface area contributed by atoms with Crippen molar-refractivity contribution in [1.29, 1.82) is 0 Å². The van der Waals surface area contributed by atoms with Crippen molar-refractivity contribution >= 4 is 11.6 Å². The van der Waals surface area contributed by atoms with E-state index in [0.29, 0.717) is 12.3 Å². The summed E-state index contributed by atoms with van der Waals surface area (Å²) in [5, 5.41) is 2.96. The molecule has 2 unspecified atom stereocenters. The second kappa shape index (κ2) is 9.55. The molecule has 1 N–H and O–H groups in total. The number of piperazine rings is 1. The SMILES string of the molecule is CC(Oc1ccc(F)cc1)C(=O)NCC(C)N1CCN(c2ccccc2)CC1. The van der Waals surface area contributed by atoms with Gasteiger partial charge in [-0.05, 0) is 50.2 Å². The quantitative estimate of drug-likeness (QED) is 0.796. The fraction of sp³-hybridized carbons (Fsp3) is 0.409. The molecule has 1 aliphatic heterocycles. The van der Waals surface area contributed by atoms with Gasteiger partial charge in [0.2, 0.25) is 0 Å². The summed E-state index contributed by atoms with van der Waals surface area (Å²) in [5.74, 6) is -0.0149. The number of nitrogens with zero attached hydrogens (tertiary/aromatic N) is 2. The first-order chi connectivity index (χ1) is 13.5. The van der Waals surface area contributed by atoms with E-state index in [0.717, 1.165) is 26.2 Å². The molecule has 0 aliphatic carbocycles. The second-order valence-corrected chi connectivity index (χ2v) is 7.17. The van der Waals surface area contributed by atoms with Gasteiger partial charge in [0.1, 0.15) is 11.6 Å². The number of amides is 1. The zero-order chi connectivity index (χ0) is 19.9. The summed E-state index contributed by atoms with van der Waals surface area (Å²) in [6.45, 7) is 8.28. The van der Waals surface area contributed by atoms with Gasteiger partial charge in [-0.3, -0.25) is 9.69 Å². The van der Waals surface area contributed by atoms with E-state index in [1.807, 2.05) is 6.07 Å². The lowest BCUT2D eigenvalue weighted by Crippen LogP contribution is -2.53. The molecule has 5 nitrogen and oxygen atoms in total. The van der Waals surface area contributed by atoms with E-state index < -0.39 is 6.10 Å². The van der Waals surface area contributed by atoms with Gasteiger partial charge in [0.05, 0.1) is 0 Å². The third-order valence-electron chi connectivity index (χ3n) is 5.13. The number of rotatable bonds is 7. The van der Waals surface area contributed by atoms with Gasteiger partial charge in [0.25, 0.3) is 5.91 Å². The lowest BCUT2D eigenvalue weighted by Gasteiger charge is -2.39. The molecule has 0 saturated carbocycles. The fourth-order valence-electron chi connectivity index (χ4n) is 3.35. The lowest BCUT2D eigenvalue weighted by atomic mass is 10.2. The first-order valence-corrected chi connectivity index (χ1v) is 9.77. The van der Waals surface area contributed by atoms with E-state index in [2.05, 4.69) is 46.3 Å². The highest BCUT2D eigenvalue weighted by Gasteiger charge is 2.22. The maximum Gasteiger partial charge on any atom is 0.260 e. The van der Waals surface area contributed by atoms with Gasteiger partial charge < -0.3 is 15.0 Å². The van der Waals surface area contributed by atoms with E-state index in [4.69, 9.17) is 4.74 Å². The van der Waals surface area contributed by atoms with Crippen molar-refractivity contribution < 1.29 is 13.9 Å². The first kappa shape index (κ1) is 20.1. The summed E-state index contributed by atoms with van der Waals surface area (Å²) in [5.41, 5.74) is 1.26. The number of benzene rings is 2. The van der Waals surface area contributed by atoms with Crippen LogP contribution in [0.5, 0.6) is 5.75 Å². The third-order valence-corrected chi connectivity index (χ3v) is 5.13. The van der Waals surface area contributed by atoms with Gasteiger partial charge in [0.15, 0.2) is 6.10 Å². The standard InChI is InChI=1S/C22H28FN3O2/c1-17(25-12-14-26(15-13-25)20-6-4-3-5-7-20)16-24-22(27)18(2)28-21-10-8-19(23)9-11-21/h3-11,17-18H,12-16H2,1-2H3,(H,24,27). The Balaban J connectivity index is 1.40. The molecule has 2 aromatic carbocycles. The molecular formula is C22H28FN3O2. The molecule has 1 aliphatic rings. The average Bonchev–Trinajstić information content (AvgIpc) is 2.74. The van der Waals surface area contributed by atoms with Crippen molar-refractivity contribution in [1.82, 2.24) is 10.2 Å². The normalized spacial score (nSPS) is 17.0. The third kappa shape index (κ3) is 5.45. The molecule has 6 heteroatoms. The number of carbonyl (C=O) groups excluding carboxylic acids is 1. The Hall–Kier alpha value is -2.60. The summed E-state index contributed by atoms with van der Waals surface area (Å²) in [6.07, 6.45) is -0.632. The predicted octanol–water partition coefficient (Wildman–Crippen LogP) is 2.92. The Bertz CT molecular complexity index is 746. The summed E-state index contributed by atoms with van der Waals surface area (Å²) in [7, 11) is 0. The number of ether oxygens (including phenoxy) is 1. The molecule has 3 rings (SSSR count). The molecule has 1 heterocycles. The van der Waals surface area contributed by atoms with E-state index in [1.54, 1.807) is 6.92 Å². The molecule has 150 valence electrons. The van der Waals surface area contributed by atoms with Gasteiger partial charge in [-0.25, -0.2) is 4.39 Å². The fourth-order valence-corrected chi connectivity index (χ4v) is 3.35. The summed E-state index contributed by atoms with van der Waals surface area (Å²) in [4.78, 5) is 17.1. The molecule has 0 radical (unpaired) electrons. The minimum Gasteiger partial charge on any atom is -0.481 e. The van der Waals surface area contributed by atoms with E-state index >= 15 is 0 Å². The van der Waals surface area contributed by atoms with Crippen LogP contribution in [0.1, 0.15) is 13.8 Å². The van der Waals surface area contributed by atoms with Crippen LogP contribution in [-0.2, 0) is 4.79 Å². The Kier molecular flexibility index (Phi) is 6.87. The minimum absolute atomic E-state index is 0.168. The molecular weight excluding hydrogens is 357 g/mol. The molecule has 0 spiro atoms. The van der Waals surface area contributed by atoms with Crippen molar-refractivity contribution in [3.05, 3.63) is 60.4 Å². The number of para-hydroxylation sites is 1. The number of nitrogens with one attached hydrogen (secondary N) is 1. The first-order valence-electron chi connectivity index (χ1n) is 9.77. The highest BCUT2D eigenvalue weighted by atomic mass is 19.1. The van der Waals surface area contributed by atoms with Crippen molar-refractivity contribution in [3.8, 4) is 5.75 Å². The van der Waals surface area contributed by atoms with Crippen molar-refractivity contribution in [2.45, 2.75) is 26.0 Å². The van der Waals surface area contributed by atoms with Crippen LogP contribution in [-0.4, -0.2) is 55.7 Å². The molecule has 2 aromatic rings. The van der Waals surface area contributed by atoms with Crippen LogP contribution >= 0.6 is 0 Å². The topological polar surface area (TPSA) is 44.8 Å². The number of halogens is 1. The van der Waals surface area contributed by atoms with E-state index in [1.165, 1.54) is 30.0 Å². The molecule has 1 saturated heterocycles. The Morgan fingerprint density at radius 2 is 1.68 bits per heavy atom. The molecule has 1 fully saturated rings. The van der Waals surface area contributed by atoms with Crippen molar-refractivity contribution in [2.24, 2.45) is 0 Å². The average molecular weight is 385 g/mol. The number of hydrogen-bond acceptors (Lipinski definition) is 4. The molecule has 0 bridgehead atoms. The summed E-state index contributed by atoms with van der Waals surface area (Å²) < 4.78 is 18.5. The van der Waals surface area contributed by atoms with Crippen molar-refractivity contribution in [3.63, 3.8) is 0 Å². The lowest BCUT2D eigenvalue weighted by molar-refractivity contribution is -0.127. The van der Waals surface area contributed by atoms with Crippen LogP contribution in [0.4, 0.5) is 10.1 Å². The smallest absolute Gasteiger partial charge is 0.260 e. The van der Waals surface area contributed by atoms with Gasteiger partial charge in [0, 0.05) is 44.5 Å². The predicted molar refractivity (Wildman–Crippen MR) is 109 cm³/mol. The largest absolute Gasteiger partial charge is 0.481 e. The van der Waals surface area contributed by atoms with E-state index in [9.17, 15) is 9.18 Å². The molecule has 28 heavy (non-hydrogen) atoms. The van der Waals surface area contributed by atoms with Gasteiger partial charge in [-0.15, -0.1) is 0 Å². The van der Waals surface area contributed by atoms with Gasteiger partial charge in [-0.2, -0.15) is 0 Å². The van der Waals surface area contributed by atoms with Crippen LogP contribution in [0.25, 0.3) is 0 Å². The molecule has 2 atom stereocenters. The molecule has 0 aromatic heterocycles. The summed E-state index contributed by atoms with van der Waals surface area (Å²) in [6, 6.07) is 16.4. The van der Waals surface area contributed by atoms with Crippen molar-refractivity contribution in [2.75, 3.05) is 37.6 Å². The highest BCUT2D eigenvalue weighted by molar-refractivity contribution is 5.80. The van der Waals surface area contributed by atoms with Gasteiger partial charge in [-0.1, -0.05) is 18.2 Å². The zero-order valence-corrected chi connectivity index (χ0v) is 16.5. The minimum atomic E-state index is -0.632. The maximum atomic E-state index is 12.9. The van der Waals surface area contributed by atoms with Crippen LogP contribution in [0.2, 0.25) is 0 Å². The number of carbonyl (C=O) groups is 1. The number of hydrogen-bond donors (Lipinski definition) is 1. The Morgan fingerprint density at radius 3 is 2.32 bits per heavy atom. The maximum absolute atomic E-state index is 12.9. The van der Waals surface area contributed by atoms with Crippen LogP contribution in [0, 0.1) is 5.82 Å². The second-order valence-electron chi connectivity index (χ2n) is 7.17. The highest BCUT2D eigenvalue weighted by Crippen LogP contribution is 2.16. The summed E-state index contributed by atoms with van der Waals surface area (Å²) >= 11 is 0. The molecule has 1 amide bonds. The van der Waals surface area contributed by atoms with Gasteiger partial charge >= 0.3 is 0 Å². The van der Waals surface area contributed by atoms with E-state index in [-0.39, 0.29) is 17.8 Å². The van der Waals surface area contributed by atoms with Crippen LogP contribution in [0.3, 0.4) is 0 Å². The number of anilines is 1.